The molecule has 0 atom stereocenters. The molecule has 0 spiro atoms. The van der Waals surface area contributed by atoms with Crippen molar-refractivity contribution in [3.05, 3.63) is 59.1 Å². The Morgan fingerprint density at radius 2 is 1.81 bits per heavy atom. The van der Waals surface area contributed by atoms with Crippen molar-refractivity contribution in [2.75, 3.05) is 47.9 Å². The van der Waals surface area contributed by atoms with E-state index in [1.165, 1.54) is 0 Å². The van der Waals surface area contributed by atoms with Gasteiger partial charge in [0.2, 0.25) is 11.9 Å². The third-order valence-electron chi connectivity index (χ3n) is 5.77. The molecule has 1 saturated heterocycles. The van der Waals surface area contributed by atoms with Crippen LogP contribution in [0.1, 0.15) is 11.5 Å². The Kier molecular flexibility index (Phi) is 6.92. The van der Waals surface area contributed by atoms with Crippen molar-refractivity contribution >= 4 is 40.1 Å². The quantitative estimate of drug-likeness (QED) is 0.357. The molecule has 0 radical (unpaired) electrons. The molecule has 0 aliphatic carbocycles. The first-order chi connectivity index (χ1) is 17.7. The van der Waals surface area contributed by atoms with E-state index in [-0.39, 0.29) is 18.4 Å². The number of piperazine rings is 1. The van der Waals surface area contributed by atoms with Gasteiger partial charge in [-0.15, -0.1) is 0 Å². The van der Waals surface area contributed by atoms with Crippen LogP contribution in [0.2, 0.25) is 5.02 Å². The second-order valence-corrected chi connectivity index (χ2v) is 8.91. The molecule has 0 bridgehead atoms. The second-order valence-electron chi connectivity index (χ2n) is 8.48. The molecule has 4 aromatic rings. The summed E-state index contributed by atoms with van der Waals surface area (Å²) >= 11 is 6.11. The molecule has 9 nitrogen and oxygen atoms in total. The van der Waals surface area contributed by atoms with Crippen LogP contribution in [-0.2, 0) is 6.54 Å². The van der Waals surface area contributed by atoms with Crippen LogP contribution in [0.5, 0.6) is 6.01 Å². The van der Waals surface area contributed by atoms with Gasteiger partial charge >= 0.3 is 12.2 Å². The average Bonchev–Trinajstić information content (AvgIpc) is 3.30. The molecule has 13 heteroatoms. The lowest BCUT2D eigenvalue weighted by Gasteiger charge is -2.36. The van der Waals surface area contributed by atoms with Crippen LogP contribution >= 0.6 is 11.6 Å². The molecule has 194 valence electrons. The Balaban J connectivity index is 1.33. The summed E-state index contributed by atoms with van der Waals surface area (Å²) in [5.74, 6) is 1.70. The first-order valence-electron chi connectivity index (χ1n) is 11.5. The van der Waals surface area contributed by atoms with Gasteiger partial charge in [0.05, 0.1) is 12.1 Å². The smallest absolute Gasteiger partial charge is 0.422 e. The van der Waals surface area contributed by atoms with E-state index < -0.39 is 18.8 Å². The van der Waals surface area contributed by atoms with Crippen LogP contribution in [0.15, 0.2) is 47.0 Å². The third kappa shape index (κ3) is 6.13. The minimum Gasteiger partial charge on any atom is -0.465 e. The Morgan fingerprint density at radius 1 is 1.03 bits per heavy atom. The molecule has 4 heterocycles. The third-order valence-corrected chi connectivity index (χ3v) is 6.00. The largest absolute Gasteiger partial charge is 0.465 e. The summed E-state index contributed by atoms with van der Waals surface area (Å²) in [7, 11) is 0. The van der Waals surface area contributed by atoms with Gasteiger partial charge in [0, 0.05) is 48.5 Å². The molecule has 1 aliphatic heterocycles. The fraction of sp³-hybridized carbons (Fsp3) is 0.333. The van der Waals surface area contributed by atoms with Crippen molar-refractivity contribution in [1.29, 1.82) is 0 Å². The number of ether oxygens (including phenoxy) is 1. The monoisotopic (exact) mass is 533 g/mol. The van der Waals surface area contributed by atoms with Crippen molar-refractivity contribution in [3.8, 4) is 6.01 Å². The summed E-state index contributed by atoms with van der Waals surface area (Å²) in [5, 5.41) is 4.58. The second kappa shape index (κ2) is 10.3. The number of rotatable bonds is 7. The number of furan rings is 1. The Morgan fingerprint density at radius 3 is 2.54 bits per heavy atom. The minimum atomic E-state index is -4.52. The van der Waals surface area contributed by atoms with E-state index in [1.54, 1.807) is 12.3 Å². The van der Waals surface area contributed by atoms with Crippen LogP contribution < -0.4 is 19.9 Å². The van der Waals surface area contributed by atoms with E-state index in [0.29, 0.717) is 37.0 Å². The van der Waals surface area contributed by atoms with E-state index >= 15 is 0 Å². The zero-order valence-corrected chi connectivity index (χ0v) is 20.6. The van der Waals surface area contributed by atoms with Gasteiger partial charge in [0.25, 0.3) is 0 Å². The van der Waals surface area contributed by atoms with Crippen molar-refractivity contribution in [2.45, 2.75) is 19.6 Å². The summed E-state index contributed by atoms with van der Waals surface area (Å²) in [6, 6.07) is 10.8. The number of fused-ring (bicyclic) bond motifs is 1. The van der Waals surface area contributed by atoms with E-state index in [4.69, 9.17) is 20.8 Å². The maximum atomic E-state index is 12.8. The maximum Gasteiger partial charge on any atom is 0.422 e. The molecule has 5 rings (SSSR count). The van der Waals surface area contributed by atoms with E-state index in [2.05, 4.69) is 30.2 Å². The molecule has 1 fully saturated rings. The predicted octanol–water partition coefficient (Wildman–Crippen LogP) is 4.85. The summed E-state index contributed by atoms with van der Waals surface area (Å²) < 4.78 is 48.6. The van der Waals surface area contributed by atoms with Gasteiger partial charge in [0.1, 0.15) is 11.5 Å². The molecule has 0 amide bonds. The molecular formula is C24H23ClF3N7O2. The first-order valence-corrected chi connectivity index (χ1v) is 11.9. The Hall–Kier alpha value is -3.80. The number of halogens is 4. The van der Waals surface area contributed by atoms with Crippen LogP contribution in [0.4, 0.5) is 30.8 Å². The number of aromatic nitrogens is 4. The summed E-state index contributed by atoms with van der Waals surface area (Å²) in [6.45, 7) is 2.93. The Labute approximate surface area is 215 Å². The van der Waals surface area contributed by atoms with Crippen LogP contribution in [-0.4, -0.2) is 58.9 Å². The fourth-order valence-electron chi connectivity index (χ4n) is 4.05. The SMILES string of the molecule is Cc1ccc(CNc2nc(OCC(F)(F)F)nc(N3CCN(c4ccnc5cc(Cl)ccc45)CC3)n2)o1. The van der Waals surface area contributed by atoms with E-state index in [0.717, 1.165) is 22.4 Å². The number of alkyl halides is 3. The van der Waals surface area contributed by atoms with Crippen molar-refractivity contribution in [2.24, 2.45) is 0 Å². The zero-order valence-electron chi connectivity index (χ0n) is 19.8. The average molecular weight is 534 g/mol. The summed E-state index contributed by atoms with van der Waals surface area (Å²) in [4.78, 5) is 21.1. The van der Waals surface area contributed by atoms with Gasteiger partial charge in [0.15, 0.2) is 6.61 Å². The number of aryl methyl sites for hydroxylation is 1. The van der Waals surface area contributed by atoms with E-state index in [1.807, 2.05) is 42.2 Å². The van der Waals surface area contributed by atoms with Crippen molar-refractivity contribution in [1.82, 2.24) is 19.9 Å². The highest BCUT2D eigenvalue weighted by Gasteiger charge is 2.30. The highest BCUT2D eigenvalue weighted by molar-refractivity contribution is 6.31. The van der Waals surface area contributed by atoms with Crippen LogP contribution in [0.25, 0.3) is 10.9 Å². The highest BCUT2D eigenvalue weighted by atomic mass is 35.5. The normalized spacial score (nSPS) is 14.3. The number of benzene rings is 1. The molecule has 0 unspecified atom stereocenters. The maximum absolute atomic E-state index is 12.8. The zero-order chi connectivity index (χ0) is 26.0. The molecule has 1 N–H and O–H groups in total. The fourth-order valence-corrected chi connectivity index (χ4v) is 4.22. The molecule has 37 heavy (non-hydrogen) atoms. The Bertz CT molecular complexity index is 1390. The van der Waals surface area contributed by atoms with Gasteiger partial charge < -0.3 is 24.3 Å². The number of nitrogens with zero attached hydrogens (tertiary/aromatic N) is 6. The highest BCUT2D eigenvalue weighted by Crippen LogP contribution is 2.29. The molecular weight excluding hydrogens is 511 g/mol. The number of nitrogens with one attached hydrogen (secondary N) is 1. The lowest BCUT2D eigenvalue weighted by Crippen LogP contribution is -2.47. The molecule has 1 aromatic carbocycles. The topological polar surface area (TPSA) is 92.4 Å². The van der Waals surface area contributed by atoms with Gasteiger partial charge in [-0.3, -0.25) is 4.98 Å². The number of hydrogen-bond donors (Lipinski definition) is 1. The lowest BCUT2D eigenvalue weighted by atomic mass is 10.1. The molecule has 3 aromatic heterocycles. The van der Waals surface area contributed by atoms with Gasteiger partial charge in [-0.05, 0) is 43.3 Å². The van der Waals surface area contributed by atoms with E-state index in [9.17, 15) is 13.2 Å². The standard InChI is InChI=1S/C24H23ClF3N7O2/c1-15-2-4-17(37-15)13-30-21-31-22(33-23(32-21)36-14-24(26,27)28)35-10-8-34(9-11-35)20-6-7-29-19-12-16(25)3-5-18(19)20/h2-7,12H,8-11,13-14H2,1H3,(H,30,31,32,33). The van der Waals surface area contributed by atoms with Crippen LogP contribution in [0.3, 0.4) is 0 Å². The van der Waals surface area contributed by atoms with Gasteiger partial charge in [-0.2, -0.15) is 28.1 Å². The van der Waals surface area contributed by atoms with Crippen LogP contribution in [0, 0.1) is 6.92 Å². The summed E-state index contributed by atoms with van der Waals surface area (Å²) in [6.07, 6.45) is -2.77. The minimum absolute atomic E-state index is 0.0932. The predicted molar refractivity (Wildman–Crippen MR) is 133 cm³/mol. The van der Waals surface area contributed by atoms with Crippen molar-refractivity contribution < 1.29 is 22.3 Å². The van der Waals surface area contributed by atoms with Gasteiger partial charge in [-0.1, -0.05) is 11.6 Å². The molecule has 0 saturated carbocycles. The number of hydrogen-bond acceptors (Lipinski definition) is 9. The molecule has 1 aliphatic rings. The lowest BCUT2D eigenvalue weighted by molar-refractivity contribution is -0.154. The number of anilines is 3. The first kappa shape index (κ1) is 24.9. The number of pyridine rings is 1. The van der Waals surface area contributed by atoms with Gasteiger partial charge in [-0.25, -0.2) is 0 Å². The van der Waals surface area contributed by atoms with Crippen molar-refractivity contribution in [3.63, 3.8) is 0 Å². The summed E-state index contributed by atoms with van der Waals surface area (Å²) in [5.41, 5.74) is 1.83.